The molecule has 4 heteroatoms. The van der Waals surface area contributed by atoms with Gasteiger partial charge >= 0.3 is 5.97 Å². The zero-order chi connectivity index (χ0) is 14.5. The molecule has 1 N–H and O–H groups in total. The summed E-state index contributed by atoms with van der Waals surface area (Å²) in [5.74, 6) is -1.08. The van der Waals surface area contributed by atoms with Gasteiger partial charge in [0.2, 0.25) is 0 Å². The summed E-state index contributed by atoms with van der Waals surface area (Å²) in [4.78, 5) is 22.3. The van der Waals surface area contributed by atoms with Gasteiger partial charge in [-0.3, -0.25) is 4.79 Å². The maximum atomic E-state index is 11.6. The summed E-state index contributed by atoms with van der Waals surface area (Å²) in [5, 5.41) is 8.78. The predicted octanol–water partition coefficient (Wildman–Crippen LogP) is 3.31. The van der Waals surface area contributed by atoms with E-state index >= 15 is 0 Å². The fourth-order valence-electron chi connectivity index (χ4n) is 1.89. The first-order valence-corrected chi connectivity index (χ1v) is 6.25. The maximum Gasteiger partial charge on any atom is 0.377 e. The van der Waals surface area contributed by atoms with Gasteiger partial charge in [0.05, 0.1) is 0 Å². The highest BCUT2D eigenvalue weighted by Crippen LogP contribution is 2.24. The molecule has 0 amide bonds. The average molecular weight is 270 g/mol. The van der Waals surface area contributed by atoms with Crippen LogP contribution in [0.4, 0.5) is 0 Å². The third kappa shape index (κ3) is 3.03. The van der Waals surface area contributed by atoms with Crippen molar-refractivity contribution < 1.29 is 19.4 Å². The lowest BCUT2D eigenvalue weighted by Gasteiger charge is -2.09. The van der Waals surface area contributed by atoms with Gasteiger partial charge < -0.3 is 9.84 Å². The molecule has 0 fully saturated rings. The van der Waals surface area contributed by atoms with Gasteiger partial charge in [-0.15, -0.1) is 0 Å². The fourth-order valence-corrected chi connectivity index (χ4v) is 1.89. The van der Waals surface area contributed by atoms with E-state index in [9.17, 15) is 9.59 Å². The Morgan fingerprint density at radius 3 is 2.35 bits per heavy atom. The van der Waals surface area contributed by atoms with Crippen molar-refractivity contribution in [1.82, 2.24) is 0 Å². The standard InChI is InChI=1S/C16H14O4/c1-2-11-10-13(20-12-6-4-3-5-7-12)8-9-14(11)15(17)16(18)19/h3-10H,2H2,1H3,(H,18,19). The number of carboxylic acid groups (broad SMARTS) is 1. The first-order valence-electron chi connectivity index (χ1n) is 6.25. The van der Waals surface area contributed by atoms with E-state index in [4.69, 9.17) is 9.84 Å². The van der Waals surface area contributed by atoms with Crippen molar-refractivity contribution in [2.45, 2.75) is 13.3 Å². The summed E-state index contributed by atoms with van der Waals surface area (Å²) >= 11 is 0. The first kappa shape index (κ1) is 13.8. The Kier molecular flexibility index (Phi) is 4.15. The number of Topliss-reactive ketones (excluding diaryl/α,β-unsaturated/α-hetero) is 1. The van der Waals surface area contributed by atoms with Crippen molar-refractivity contribution in [3.05, 3.63) is 59.7 Å². The Balaban J connectivity index is 2.30. The van der Waals surface area contributed by atoms with Crippen LogP contribution in [0.5, 0.6) is 11.5 Å². The van der Waals surface area contributed by atoms with Crippen molar-refractivity contribution >= 4 is 11.8 Å². The zero-order valence-corrected chi connectivity index (χ0v) is 11.0. The molecule has 20 heavy (non-hydrogen) atoms. The Labute approximate surface area is 116 Å². The number of ether oxygens (including phenoxy) is 1. The Bertz CT molecular complexity index is 632. The molecule has 0 aliphatic carbocycles. The summed E-state index contributed by atoms with van der Waals surface area (Å²) in [7, 11) is 0. The molecule has 0 aromatic heterocycles. The zero-order valence-electron chi connectivity index (χ0n) is 11.0. The van der Waals surface area contributed by atoms with Gasteiger partial charge in [0.25, 0.3) is 5.78 Å². The number of aryl methyl sites for hydroxylation is 1. The van der Waals surface area contributed by atoms with Crippen LogP contribution in [0.2, 0.25) is 0 Å². The highest BCUT2D eigenvalue weighted by molar-refractivity contribution is 6.40. The monoisotopic (exact) mass is 270 g/mol. The van der Waals surface area contributed by atoms with Gasteiger partial charge in [0.1, 0.15) is 11.5 Å². The largest absolute Gasteiger partial charge is 0.475 e. The van der Waals surface area contributed by atoms with Crippen LogP contribution in [-0.2, 0) is 11.2 Å². The maximum absolute atomic E-state index is 11.6. The predicted molar refractivity (Wildman–Crippen MR) is 74.3 cm³/mol. The molecule has 102 valence electrons. The fraction of sp³-hybridized carbons (Fsp3) is 0.125. The molecule has 0 aliphatic rings. The van der Waals surface area contributed by atoms with Gasteiger partial charge in [0, 0.05) is 5.56 Å². The molecule has 0 aliphatic heterocycles. The van der Waals surface area contributed by atoms with E-state index in [1.165, 1.54) is 6.07 Å². The minimum Gasteiger partial charge on any atom is -0.475 e. The normalized spacial score (nSPS) is 10.1. The van der Waals surface area contributed by atoms with E-state index in [-0.39, 0.29) is 5.56 Å². The van der Waals surface area contributed by atoms with Crippen molar-refractivity contribution in [2.75, 3.05) is 0 Å². The van der Waals surface area contributed by atoms with Crippen molar-refractivity contribution in [2.24, 2.45) is 0 Å². The van der Waals surface area contributed by atoms with E-state index in [1.54, 1.807) is 12.1 Å². The number of rotatable bonds is 5. The third-order valence-electron chi connectivity index (χ3n) is 2.88. The smallest absolute Gasteiger partial charge is 0.377 e. The number of carbonyl (C=O) groups excluding carboxylic acids is 1. The van der Waals surface area contributed by atoms with Crippen molar-refractivity contribution in [3.63, 3.8) is 0 Å². The van der Waals surface area contributed by atoms with Crippen LogP contribution in [0, 0.1) is 0 Å². The average Bonchev–Trinajstić information content (AvgIpc) is 2.47. The molecule has 0 heterocycles. The van der Waals surface area contributed by atoms with Gasteiger partial charge in [0.15, 0.2) is 0 Å². The second-order valence-corrected chi connectivity index (χ2v) is 4.22. The van der Waals surface area contributed by atoms with E-state index in [1.807, 2.05) is 37.3 Å². The molecule has 0 saturated carbocycles. The number of ketones is 1. The molecule has 4 nitrogen and oxygen atoms in total. The van der Waals surface area contributed by atoms with Crippen LogP contribution in [0.15, 0.2) is 48.5 Å². The van der Waals surface area contributed by atoms with E-state index in [0.29, 0.717) is 23.5 Å². The van der Waals surface area contributed by atoms with E-state index in [0.717, 1.165) is 0 Å². The Morgan fingerprint density at radius 2 is 1.75 bits per heavy atom. The molecule has 2 aromatic carbocycles. The highest BCUT2D eigenvalue weighted by atomic mass is 16.5. The molecule has 2 rings (SSSR count). The molecular weight excluding hydrogens is 256 g/mol. The van der Waals surface area contributed by atoms with Crippen molar-refractivity contribution in [1.29, 1.82) is 0 Å². The number of carbonyl (C=O) groups is 2. The van der Waals surface area contributed by atoms with Crippen LogP contribution in [0.25, 0.3) is 0 Å². The summed E-state index contributed by atoms with van der Waals surface area (Å²) in [6, 6.07) is 14.0. The summed E-state index contributed by atoms with van der Waals surface area (Å²) < 4.78 is 5.66. The molecule has 0 radical (unpaired) electrons. The lowest BCUT2D eigenvalue weighted by molar-refractivity contribution is -0.131. The van der Waals surface area contributed by atoms with E-state index in [2.05, 4.69) is 0 Å². The van der Waals surface area contributed by atoms with Gasteiger partial charge in [-0.25, -0.2) is 4.79 Å². The Hall–Kier alpha value is -2.62. The first-order chi connectivity index (χ1) is 9.61. The van der Waals surface area contributed by atoms with E-state index < -0.39 is 11.8 Å². The number of hydrogen-bond donors (Lipinski definition) is 1. The van der Waals surface area contributed by atoms with Gasteiger partial charge in [-0.2, -0.15) is 0 Å². The third-order valence-corrected chi connectivity index (χ3v) is 2.88. The SMILES string of the molecule is CCc1cc(Oc2ccccc2)ccc1C(=O)C(=O)O. The number of aliphatic carboxylic acids is 1. The summed E-state index contributed by atoms with van der Waals surface area (Å²) in [5.41, 5.74) is 0.867. The quantitative estimate of drug-likeness (QED) is 0.668. The minimum atomic E-state index is -1.45. The molecule has 2 aromatic rings. The highest BCUT2D eigenvalue weighted by Gasteiger charge is 2.18. The second kappa shape index (κ2) is 6.02. The van der Waals surface area contributed by atoms with Crippen LogP contribution < -0.4 is 4.74 Å². The molecule has 0 atom stereocenters. The number of benzene rings is 2. The Morgan fingerprint density at radius 1 is 1.05 bits per heavy atom. The van der Waals surface area contributed by atoms with Crippen LogP contribution in [-0.4, -0.2) is 16.9 Å². The number of hydrogen-bond acceptors (Lipinski definition) is 3. The van der Waals surface area contributed by atoms with Gasteiger partial charge in [-0.1, -0.05) is 25.1 Å². The van der Waals surface area contributed by atoms with Crippen LogP contribution in [0.1, 0.15) is 22.8 Å². The molecule has 0 saturated heterocycles. The summed E-state index contributed by atoms with van der Waals surface area (Å²) in [6.07, 6.45) is 0.556. The second-order valence-electron chi connectivity index (χ2n) is 4.22. The van der Waals surface area contributed by atoms with Gasteiger partial charge in [-0.05, 0) is 42.3 Å². The minimum absolute atomic E-state index is 0.209. The number of carboxylic acids is 1. The molecule has 0 spiro atoms. The van der Waals surface area contributed by atoms with Crippen LogP contribution in [0.3, 0.4) is 0 Å². The lowest BCUT2D eigenvalue weighted by atomic mass is 10.0. The van der Waals surface area contributed by atoms with Crippen LogP contribution >= 0.6 is 0 Å². The molecule has 0 bridgehead atoms. The lowest BCUT2D eigenvalue weighted by Crippen LogP contribution is -2.14. The number of para-hydroxylation sites is 1. The molecular formula is C16H14O4. The summed E-state index contributed by atoms with van der Waals surface area (Å²) in [6.45, 7) is 1.86. The van der Waals surface area contributed by atoms with Crippen molar-refractivity contribution in [3.8, 4) is 11.5 Å². The molecule has 0 unspecified atom stereocenters. The topological polar surface area (TPSA) is 63.6 Å².